The normalized spacial score (nSPS) is 27.7. The van der Waals surface area contributed by atoms with Crippen molar-refractivity contribution in [2.75, 3.05) is 24.5 Å². The lowest BCUT2D eigenvalue weighted by molar-refractivity contribution is 0.459. The molecule has 100 valence electrons. The molecule has 5 nitrogen and oxygen atoms in total. The molecule has 1 saturated heterocycles. The lowest BCUT2D eigenvalue weighted by Gasteiger charge is -2.30. The number of piperazine rings is 1. The van der Waals surface area contributed by atoms with E-state index >= 15 is 0 Å². The van der Waals surface area contributed by atoms with Crippen molar-refractivity contribution in [2.45, 2.75) is 51.0 Å². The number of anilines is 1. The molecule has 1 atom stereocenters. The molecule has 0 aromatic carbocycles. The molecule has 1 aliphatic heterocycles. The molecule has 0 radical (unpaired) electrons. The predicted molar refractivity (Wildman–Crippen MR) is 71.9 cm³/mol. The largest absolute Gasteiger partial charge is 0.337 e. The Bertz CT molecular complexity index is 407. The number of H-pyrrole nitrogens is 1. The van der Waals surface area contributed by atoms with Gasteiger partial charge in [-0.1, -0.05) is 19.8 Å². The summed E-state index contributed by atoms with van der Waals surface area (Å²) in [5.74, 6) is 1.97. The van der Waals surface area contributed by atoms with Crippen LogP contribution in [-0.4, -0.2) is 40.9 Å². The molecule has 18 heavy (non-hydrogen) atoms. The third-order valence-electron chi connectivity index (χ3n) is 4.40. The summed E-state index contributed by atoms with van der Waals surface area (Å²) in [5.41, 5.74) is 0.227. The smallest absolute Gasteiger partial charge is 0.244 e. The molecule has 1 aliphatic carbocycles. The van der Waals surface area contributed by atoms with Crippen LogP contribution in [-0.2, 0) is 5.41 Å². The third-order valence-corrected chi connectivity index (χ3v) is 4.40. The zero-order valence-electron chi connectivity index (χ0n) is 11.4. The highest BCUT2D eigenvalue weighted by Crippen LogP contribution is 2.39. The molecule has 0 spiro atoms. The van der Waals surface area contributed by atoms with Crippen LogP contribution in [0.3, 0.4) is 0 Å². The van der Waals surface area contributed by atoms with Crippen molar-refractivity contribution in [2.24, 2.45) is 0 Å². The molecule has 1 aromatic heterocycles. The Labute approximate surface area is 108 Å². The summed E-state index contributed by atoms with van der Waals surface area (Å²) in [7, 11) is 0. The van der Waals surface area contributed by atoms with E-state index in [0.717, 1.165) is 31.4 Å². The highest BCUT2D eigenvalue weighted by atomic mass is 15.4. The molecule has 2 fully saturated rings. The minimum absolute atomic E-state index is 0.227. The van der Waals surface area contributed by atoms with Gasteiger partial charge in [-0.05, 0) is 19.8 Å². The molecule has 2 N–H and O–H groups in total. The van der Waals surface area contributed by atoms with Crippen LogP contribution in [0.2, 0.25) is 0 Å². The van der Waals surface area contributed by atoms with Gasteiger partial charge in [0.25, 0.3) is 0 Å². The van der Waals surface area contributed by atoms with Crippen molar-refractivity contribution in [3.8, 4) is 0 Å². The average molecular weight is 249 g/mol. The summed E-state index contributed by atoms with van der Waals surface area (Å²) in [6.45, 7) is 7.53. The Hall–Kier alpha value is -1.10. The van der Waals surface area contributed by atoms with Crippen LogP contribution in [0, 0.1) is 0 Å². The SMILES string of the molecule is C[C@H]1CN(c2n[nH]c(C3(C)CCCC3)n2)CCN1. The quantitative estimate of drug-likeness (QED) is 0.832. The van der Waals surface area contributed by atoms with Gasteiger partial charge in [0.15, 0.2) is 0 Å². The van der Waals surface area contributed by atoms with Crippen molar-refractivity contribution in [1.82, 2.24) is 20.5 Å². The van der Waals surface area contributed by atoms with E-state index in [1.165, 1.54) is 25.7 Å². The molecule has 0 unspecified atom stereocenters. The minimum atomic E-state index is 0.227. The van der Waals surface area contributed by atoms with Gasteiger partial charge < -0.3 is 10.2 Å². The number of hydrogen-bond acceptors (Lipinski definition) is 4. The van der Waals surface area contributed by atoms with Gasteiger partial charge in [0.2, 0.25) is 5.95 Å². The van der Waals surface area contributed by atoms with Crippen LogP contribution < -0.4 is 10.2 Å². The van der Waals surface area contributed by atoms with E-state index in [1.807, 2.05) is 0 Å². The average Bonchev–Trinajstić information content (AvgIpc) is 2.98. The van der Waals surface area contributed by atoms with E-state index in [4.69, 9.17) is 4.98 Å². The van der Waals surface area contributed by atoms with Crippen molar-refractivity contribution < 1.29 is 0 Å². The maximum absolute atomic E-state index is 4.75. The summed E-state index contributed by atoms with van der Waals surface area (Å²) in [5, 5.41) is 11.0. The van der Waals surface area contributed by atoms with Gasteiger partial charge in [-0.3, -0.25) is 5.10 Å². The second-order valence-electron chi connectivity index (χ2n) is 6.05. The van der Waals surface area contributed by atoms with Crippen molar-refractivity contribution in [3.63, 3.8) is 0 Å². The number of aromatic nitrogens is 3. The molecule has 1 saturated carbocycles. The van der Waals surface area contributed by atoms with Gasteiger partial charge in [-0.2, -0.15) is 4.98 Å². The van der Waals surface area contributed by atoms with Gasteiger partial charge in [0.05, 0.1) is 0 Å². The topological polar surface area (TPSA) is 56.8 Å². The second-order valence-corrected chi connectivity index (χ2v) is 6.05. The summed E-state index contributed by atoms with van der Waals surface area (Å²) in [6.07, 6.45) is 5.10. The molecule has 0 bridgehead atoms. The zero-order valence-corrected chi connectivity index (χ0v) is 11.4. The molecule has 3 rings (SSSR count). The Morgan fingerprint density at radius 3 is 2.83 bits per heavy atom. The number of hydrogen-bond donors (Lipinski definition) is 2. The molecular weight excluding hydrogens is 226 g/mol. The molecular formula is C13H23N5. The first kappa shape index (κ1) is 12.0. The maximum atomic E-state index is 4.75. The van der Waals surface area contributed by atoms with E-state index in [9.17, 15) is 0 Å². The van der Waals surface area contributed by atoms with E-state index < -0.39 is 0 Å². The Kier molecular flexibility index (Phi) is 3.01. The first-order valence-electron chi connectivity index (χ1n) is 7.09. The molecule has 0 amide bonds. The predicted octanol–water partition coefficient (Wildman–Crippen LogP) is 1.43. The van der Waals surface area contributed by atoms with Gasteiger partial charge >= 0.3 is 0 Å². The van der Waals surface area contributed by atoms with E-state index in [-0.39, 0.29) is 5.41 Å². The van der Waals surface area contributed by atoms with Gasteiger partial charge in [0, 0.05) is 31.1 Å². The highest BCUT2D eigenvalue weighted by molar-refractivity contribution is 5.31. The van der Waals surface area contributed by atoms with Crippen LogP contribution in [0.15, 0.2) is 0 Å². The van der Waals surface area contributed by atoms with E-state index in [1.54, 1.807) is 0 Å². The van der Waals surface area contributed by atoms with Gasteiger partial charge in [0.1, 0.15) is 5.82 Å². The molecule has 2 aliphatic rings. The standard InChI is InChI=1S/C13H23N5/c1-10-9-18(8-7-14-10)12-15-11(16-17-12)13(2)5-3-4-6-13/h10,14H,3-9H2,1-2H3,(H,15,16,17)/t10-/m0/s1. The molecule has 2 heterocycles. The van der Waals surface area contributed by atoms with Crippen LogP contribution in [0.4, 0.5) is 5.95 Å². The van der Waals surface area contributed by atoms with Crippen LogP contribution in [0.1, 0.15) is 45.4 Å². The Balaban J connectivity index is 1.76. The third kappa shape index (κ3) is 2.11. The number of aromatic amines is 1. The lowest BCUT2D eigenvalue weighted by atomic mass is 9.88. The van der Waals surface area contributed by atoms with Crippen LogP contribution in [0.5, 0.6) is 0 Å². The summed E-state index contributed by atoms with van der Waals surface area (Å²) < 4.78 is 0. The Morgan fingerprint density at radius 1 is 1.33 bits per heavy atom. The minimum Gasteiger partial charge on any atom is -0.337 e. The first-order valence-corrected chi connectivity index (χ1v) is 7.09. The van der Waals surface area contributed by atoms with Crippen molar-refractivity contribution >= 4 is 5.95 Å². The monoisotopic (exact) mass is 249 g/mol. The van der Waals surface area contributed by atoms with Crippen LogP contribution >= 0.6 is 0 Å². The number of nitrogens with one attached hydrogen (secondary N) is 2. The van der Waals surface area contributed by atoms with Crippen LogP contribution in [0.25, 0.3) is 0 Å². The summed E-state index contributed by atoms with van der Waals surface area (Å²) >= 11 is 0. The number of nitrogens with zero attached hydrogens (tertiary/aromatic N) is 3. The molecule has 5 heteroatoms. The second kappa shape index (κ2) is 4.53. The lowest BCUT2D eigenvalue weighted by Crippen LogP contribution is -2.49. The first-order chi connectivity index (χ1) is 8.67. The molecule has 1 aromatic rings. The van der Waals surface area contributed by atoms with E-state index in [0.29, 0.717) is 6.04 Å². The fourth-order valence-electron chi connectivity index (χ4n) is 3.17. The summed E-state index contributed by atoms with van der Waals surface area (Å²) in [6, 6.07) is 0.516. The number of rotatable bonds is 2. The van der Waals surface area contributed by atoms with E-state index in [2.05, 4.69) is 34.3 Å². The fraction of sp³-hybridized carbons (Fsp3) is 0.846. The summed E-state index contributed by atoms with van der Waals surface area (Å²) in [4.78, 5) is 7.03. The Morgan fingerprint density at radius 2 is 2.11 bits per heavy atom. The zero-order chi connectivity index (χ0) is 12.6. The highest BCUT2D eigenvalue weighted by Gasteiger charge is 2.34. The fourth-order valence-corrected chi connectivity index (χ4v) is 3.17. The maximum Gasteiger partial charge on any atom is 0.244 e. The van der Waals surface area contributed by atoms with Gasteiger partial charge in [-0.25, -0.2) is 0 Å². The van der Waals surface area contributed by atoms with Crippen molar-refractivity contribution in [3.05, 3.63) is 5.82 Å². The van der Waals surface area contributed by atoms with Gasteiger partial charge in [-0.15, -0.1) is 5.10 Å². The van der Waals surface area contributed by atoms with Crippen molar-refractivity contribution in [1.29, 1.82) is 0 Å².